The lowest BCUT2D eigenvalue weighted by Crippen LogP contribution is -2.50. The van der Waals surface area contributed by atoms with Crippen LogP contribution in [0.5, 0.6) is 5.75 Å². The van der Waals surface area contributed by atoms with Crippen molar-refractivity contribution in [2.75, 3.05) is 26.7 Å². The Bertz CT molecular complexity index is 706. The van der Waals surface area contributed by atoms with Gasteiger partial charge in [0.25, 0.3) is 5.91 Å². The van der Waals surface area contributed by atoms with Gasteiger partial charge in [-0.3, -0.25) is 9.59 Å². The summed E-state index contributed by atoms with van der Waals surface area (Å²) in [5.74, 6) is -1.07. The molecule has 1 aliphatic heterocycles. The molecule has 26 heavy (non-hydrogen) atoms. The van der Waals surface area contributed by atoms with E-state index in [0.717, 1.165) is 0 Å². The van der Waals surface area contributed by atoms with Crippen molar-refractivity contribution in [3.8, 4) is 5.75 Å². The van der Waals surface area contributed by atoms with Crippen LogP contribution in [0.4, 0.5) is 4.79 Å². The van der Waals surface area contributed by atoms with Crippen LogP contribution in [-0.2, 0) is 4.79 Å². The van der Waals surface area contributed by atoms with Crippen molar-refractivity contribution in [2.45, 2.75) is 18.9 Å². The minimum Gasteiger partial charge on any atom is -0.506 e. The average Bonchev–Trinajstić information content (AvgIpc) is 2.62. The first-order valence-corrected chi connectivity index (χ1v) is 8.79. The lowest BCUT2D eigenvalue weighted by atomic mass is 10.0. The van der Waals surface area contributed by atoms with E-state index in [-0.39, 0.29) is 45.9 Å². The van der Waals surface area contributed by atoms with Crippen molar-refractivity contribution >= 4 is 41.0 Å². The van der Waals surface area contributed by atoms with Crippen molar-refractivity contribution in [3.63, 3.8) is 0 Å². The van der Waals surface area contributed by atoms with Crippen molar-refractivity contribution in [1.82, 2.24) is 20.9 Å². The van der Waals surface area contributed by atoms with Crippen LogP contribution in [0.25, 0.3) is 0 Å². The van der Waals surface area contributed by atoms with E-state index < -0.39 is 5.91 Å². The summed E-state index contributed by atoms with van der Waals surface area (Å²) in [4.78, 5) is 37.0. The van der Waals surface area contributed by atoms with Crippen molar-refractivity contribution in [1.29, 1.82) is 0 Å². The number of carbonyl (C=O) groups is 3. The lowest BCUT2D eigenvalue weighted by molar-refractivity contribution is -0.119. The summed E-state index contributed by atoms with van der Waals surface area (Å²) >= 11 is 11.7. The molecule has 0 aromatic heterocycles. The molecular formula is C16H20Cl2N4O4. The smallest absolute Gasteiger partial charge is 0.317 e. The van der Waals surface area contributed by atoms with E-state index in [1.165, 1.54) is 19.2 Å². The van der Waals surface area contributed by atoms with E-state index in [1.807, 2.05) is 0 Å². The summed E-state index contributed by atoms with van der Waals surface area (Å²) in [6.45, 7) is 0.792. The number of aromatic hydroxyl groups is 1. The molecule has 1 aromatic rings. The largest absolute Gasteiger partial charge is 0.506 e. The number of nitrogens with zero attached hydrogens (tertiary/aromatic N) is 1. The van der Waals surface area contributed by atoms with Crippen LogP contribution < -0.4 is 16.0 Å². The highest BCUT2D eigenvalue weighted by Gasteiger charge is 2.25. The fourth-order valence-corrected chi connectivity index (χ4v) is 3.08. The summed E-state index contributed by atoms with van der Waals surface area (Å²) in [6.07, 6.45) is 1.10. The first kappa shape index (κ1) is 20.1. The van der Waals surface area contributed by atoms with Crippen LogP contribution in [0.3, 0.4) is 0 Å². The van der Waals surface area contributed by atoms with Crippen LogP contribution in [0.1, 0.15) is 23.2 Å². The van der Waals surface area contributed by atoms with E-state index in [4.69, 9.17) is 23.2 Å². The summed E-state index contributed by atoms with van der Waals surface area (Å²) < 4.78 is 0. The zero-order valence-electron chi connectivity index (χ0n) is 14.1. The van der Waals surface area contributed by atoms with Crippen LogP contribution in [-0.4, -0.2) is 60.6 Å². The molecule has 1 heterocycles. The molecular weight excluding hydrogens is 383 g/mol. The molecule has 142 valence electrons. The maximum Gasteiger partial charge on any atom is 0.317 e. The van der Waals surface area contributed by atoms with Gasteiger partial charge >= 0.3 is 6.03 Å². The maximum atomic E-state index is 12.3. The first-order chi connectivity index (χ1) is 12.3. The van der Waals surface area contributed by atoms with Crippen LogP contribution in [0.15, 0.2) is 12.1 Å². The minimum absolute atomic E-state index is 0.00487. The summed E-state index contributed by atoms with van der Waals surface area (Å²) in [7, 11) is 1.49. The Hall–Kier alpha value is -2.19. The quantitative estimate of drug-likeness (QED) is 0.608. The van der Waals surface area contributed by atoms with Gasteiger partial charge < -0.3 is 26.0 Å². The fourth-order valence-electron chi connectivity index (χ4n) is 2.59. The molecule has 1 fully saturated rings. The highest BCUT2D eigenvalue weighted by atomic mass is 35.5. The van der Waals surface area contributed by atoms with Gasteiger partial charge in [-0.1, -0.05) is 23.2 Å². The molecule has 10 heteroatoms. The maximum absolute atomic E-state index is 12.3. The molecule has 0 bridgehead atoms. The molecule has 2 rings (SSSR count). The Morgan fingerprint density at radius 1 is 1.23 bits per heavy atom. The zero-order valence-corrected chi connectivity index (χ0v) is 15.7. The number of rotatable bonds is 4. The molecule has 0 atom stereocenters. The number of benzene rings is 1. The van der Waals surface area contributed by atoms with Gasteiger partial charge in [-0.05, 0) is 25.0 Å². The molecule has 8 nitrogen and oxygen atoms in total. The molecule has 0 unspecified atom stereocenters. The molecule has 1 aromatic carbocycles. The molecule has 0 spiro atoms. The number of phenolic OH excluding ortho intramolecular Hbond substituents is 1. The molecule has 0 radical (unpaired) electrons. The van der Waals surface area contributed by atoms with E-state index in [0.29, 0.717) is 25.9 Å². The van der Waals surface area contributed by atoms with E-state index >= 15 is 0 Å². The van der Waals surface area contributed by atoms with E-state index in [1.54, 1.807) is 4.90 Å². The number of likely N-dealkylation sites (tertiary alicyclic amines) is 1. The normalized spacial score (nSPS) is 14.7. The van der Waals surface area contributed by atoms with Gasteiger partial charge in [-0.15, -0.1) is 0 Å². The predicted octanol–water partition coefficient (Wildman–Crippen LogP) is 1.35. The fraction of sp³-hybridized carbons (Fsp3) is 0.438. The van der Waals surface area contributed by atoms with Crippen molar-refractivity contribution < 1.29 is 19.5 Å². The van der Waals surface area contributed by atoms with Gasteiger partial charge in [0, 0.05) is 31.2 Å². The Morgan fingerprint density at radius 3 is 2.50 bits per heavy atom. The molecule has 4 N–H and O–H groups in total. The molecule has 1 saturated heterocycles. The van der Waals surface area contributed by atoms with Crippen molar-refractivity contribution in [3.05, 3.63) is 27.7 Å². The monoisotopic (exact) mass is 402 g/mol. The van der Waals surface area contributed by atoms with Gasteiger partial charge in [0.2, 0.25) is 5.91 Å². The zero-order chi connectivity index (χ0) is 19.3. The number of phenols is 1. The molecule has 4 amide bonds. The third-order valence-corrected chi connectivity index (χ3v) is 4.58. The number of urea groups is 1. The predicted molar refractivity (Wildman–Crippen MR) is 97.7 cm³/mol. The topological polar surface area (TPSA) is 111 Å². The average molecular weight is 403 g/mol. The Morgan fingerprint density at radius 2 is 1.88 bits per heavy atom. The van der Waals surface area contributed by atoms with E-state index in [9.17, 15) is 19.5 Å². The third-order valence-electron chi connectivity index (χ3n) is 4.07. The second-order valence-electron chi connectivity index (χ2n) is 5.85. The Balaban J connectivity index is 1.86. The third kappa shape index (κ3) is 5.15. The van der Waals surface area contributed by atoms with E-state index in [2.05, 4.69) is 16.0 Å². The number of nitrogens with one attached hydrogen (secondary N) is 3. The lowest BCUT2D eigenvalue weighted by Gasteiger charge is -2.32. The number of amides is 4. The first-order valence-electron chi connectivity index (χ1n) is 8.04. The van der Waals surface area contributed by atoms with Gasteiger partial charge in [0.1, 0.15) is 5.75 Å². The number of halogens is 2. The van der Waals surface area contributed by atoms with Crippen LogP contribution >= 0.6 is 23.2 Å². The van der Waals surface area contributed by atoms with Gasteiger partial charge in [0.15, 0.2) is 0 Å². The molecule has 1 aliphatic rings. The van der Waals surface area contributed by atoms with Gasteiger partial charge in [-0.2, -0.15) is 0 Å². The van der Waals surface area contributed by atoms with Gasteiger partial charge in [0.05, 0.1) is 17.1 Å². The summed E-state index contributed by atoms with van der Waals surface area (Å²) in [6, 6.07) is 2.23. The van der Waals surface area contributed by atoms with Crippen LogP contribution in [0.2, 0.25) is 10.0 Å². The Labute approximate surface area is 160 Å². The number of carbonyl (C=O) groups excluding carboxylic acids is 3. The minimum atomic E-state index is -0.477. The molecule has 0 saturated carbocycles. The highest BCUT2D eigenvalue weighted by Crippen LogP contribution is 2.31. The Kier molecular flexibility index (Phi) is 6.93. The number of hydrogen-bond donors (Lipinski definition) is 4. The number of likely N-dealkylation sites (N-methyl/N-ethyl adjacent to an activating group) is 1. The second kappa shape index (κ2) is 8.95. The van der Waals surface area contributed by atoms with Crippen LogP contribution in [0, 0.1) is 0 Å². The van der Waals surface area contributed by atoms with Crippen molar-refractivity contribution in [2.24, 2.45) is 0 Å². The van der Waals surface area contributed by atoms with Gasteiger partial charge in [-0.25, -0.2) is 4.79 Å². The SMILES string of the molecule is CNC(=O)CNC(=O)N1CCC(NC(=O)c2cc(Cl)cc(Cl)c2O)CC1. The number of hydrogen-bond acceptors (Lipinski definition) is 4. The standard InChI is InChI=1S/C16H20Cl2N4O4/c1-19-13(23)8-20-16(26)22-4-2-10(3-5-22)21-15(25)11-6-9(17)7-12(18)14(11)24/h6-7,10,24H,2-5,8H2,1H3,(H,19,23)(H,20,26)(H,21,25). The molecule has 0 aliphatic carbocycles. The second-order valence-corrected chi connectivity index (χ2v) is 6.69. The summed E-state index contributed by atoms with van der Waals surface area (Å²) in [5.41, 5.74) is 0.00764. The summed E-state index contributed by atoms with van der Waals surface area (Å²) in [5, 5.41) is 17.9. The highest BCUT2D eigenvalue weighted by molar-refractivity contribution is 6.36. The number of piperidine rings is 1.